The molecule has 2 aliphatic heterocycles. The minimum absolute atomic E-state index is 0.0156. The van der Waals surface area contributed by atoms with E-state index in [2.05, 4.69) is 15.3 Å². The zero-order valence-electron chi connectivity index (χ0n) is 11.2. The molecule has 0 aromatic carbocycles. The molecule has 5 nitrogen and oxygen atoms in total. The first kappa shape index (κ1) is 12.5. The molecule has 2 fully saturated rings. The SMILES string of the molecule is CCN(C(=O)c1cnccn1)C1CC2CCC(C1)N2. The highest BCUT2D eigenvalue weighted by atomic mass is 16.2. The quantitative estimate of drug-likeness (QED) is 0.888. The number of carbonyl (C=O) groups excluding carboxylic acids is 1. The third-order valence-corrected chi connectivity index (χ3v) is 4.27. The molecule has 1 aromatic rings. The van der Waals surface area contributed by atoms with Crippen LogP contribution in [0, 0.1) is 0 Å². The van der Waals surface area contributed by atoms with E-state index >= 15 is 0 Å². The number of carbonyl (C=O) groups is 1. The molecule has 3 rings (SSSR count). The van der Waals surface area contributed by atoms with Crippen molar-refractivity contribution in [1.82, 2.24) is 20.2 Å². The molecule has 19 heavy (non-hydrogen) atoms. The highest BCUT2D eigenvalue weighted by Gasteiger charge is 2.37. The Morgan fingerprint density at radius 2 is 2.11 bits per heavy atom. The summed E-state index contributed by atoms with van der Waals surface area (Å²) in [6, 6.07) is 1.53. The van der Waals surface area contributed by atoms with Crippen molar-refractivity contribution in [1.29, 1.82) is 0 Å². The Bertz CT molecular complexity index is 438. The molecule has 0 radical (unpaired) electrons. The van der Waals surface area contributed by atoms with Gasteiger partial charge in [0.05, 0.1) is 6.20 Å². The molecule has 1 N–H and O–H groups in total. The lowest BCUT2D eigenvalue weighted by Gasteiger charge is -2.37. The highest BCUT2D eigenvalue weighted by molar-refractivity contribution is 5.92. The molecule has 0 spiro atoms. The summed E-state index contributed by atoms with van der Waals surface area (Å²) >= 11 is 0. The van der Waals surface area contributed by atoms with Crippen LogP contribution in [0.3, 0.4) is 0 Å². The van der Waals surface area contributed by atoms with Gasteiger partial charge in [-0.1, -0.05) is 0 Å². The van der Waals surface area contributed by atoms with Crippen LogP contribution >= 0.6 is 0 Å². The van der Waals surface area contributed by atoms with Crippen LogP contribution in [0.1, 0.15) is 43.1 Å². The Labute approximate surface area is 113 Å². The molecule has 5 heteroatoms. The van der Waals surface area contributed by atoms with Gasteiger partial charge in [0.25, 0.3) is 5.91 Å². The first-order chi connectivity index (χ1) is 9.28. The van der Waals surface area contributed by atoms with Crippen molar-refractivity contribution in [2.75, 3.05) is 6.54 Å². The maximum atomic E-state index is 12.5. The van der Waals surface area contributed by atoms with Gasteiger partial charge in [-0.2, -0.15) is 0 Å². The van der Waals surface area contributed by atoms with Gasteiger partial charge in [-0.05, 0) is 32.6 Å². The molecule has 1 aromatic heterocycles. The van der Waals surface area contributed by atoms with Crippen molar-refractivity contribution in [2.24, 2.45) is 0 Å². The molecule has 3 heterocycles. The highest BCUT2D eigenvalue weighted by Crippen LogP contribution is 2.30. The third kappa shape index (κ3) is 2.47. The zero-order valence-corrected chi connectivity index (χ0v) is 11.2. The molecule has 0 saturated carbocycles. The van der Waals surface area contributed by atoms with E-state index in [4.69, 9.17) is 0 Å². The molecule has 2 atom stereocenters. The monoisotopic (exact) mass is 260 g/mol. The number of amides is 1. The zero-order chi connectivity index (χ0) is 13.2. The van der Waals surface area contributed by atoms with Crippen molar-refractivity contribution in [3.05, 3.63) is 24.3 Å². The maximum Gasteiger partial charge on any atom is 0.274 e. The van der Waals surface area contributed by atoms with Gasteiger partial charge in [0.15, 0.2) is 0 Å². The maximum absolute atomic E-state index is 12.5. The first-order valence-corrected chi connectivity index (χ1v) is 7.11. The average molecular weight is 260 g/mol. The Morgan fingerprint density at radius 3 is 2.68 bits per heavy atom. The van der Waals surface area contributed by atoms with Crippen LogP contribution in [-0.2, 0) is 0 Å². The topological polar surface area (TPSA) is 58.1 Å². The first-order valence-electron chi connectivity index (χ1n) is 7.11. The van der Waals surface area contributed by atoms with E-state index in [-0.39, 0.29) is 5.91 Å². The smallest absolute Gasteiger partial charge is 0.274 e. The van der Waals surface area contributed by atoms with Gasteiger partial charge in [0.1, 0.15) is 5.69 Å². The summed E-state index contributed by atoms with van der Waals surface area (Å²) in [6.45, 7) is 2.78. The molecular formula is C14H20N4O. The second-order valence-electron chi connectivity index (χ2n) is 5.44. The van der Waals surface area contributed by atoms with Crippen LogP contribution in [0.2, 0.25) is 0 Å². The Hall–Kier alpha value is -1.49. The predicted molar refractivity (Wildman–Crippen MR) is 71.7 cm³/mol. The van der Waals surface area contributed by atoms with Crippen molar-refractivity contribution < 1.29 is 4.79 Å². The Balaban J connectivity index is 1.75. The fraction of sp³-hybridized carbons (Fsp3) is 0.643. The molecule has 0 aliphatic carbocycles. The summed E-state index contributed by atoms with van der Waals surface area (Å²) in [7, 11) is 0. The molecule has 102 valence electrons. The van der Waals surface area contributed by atoms with Crippen LogP contribution < -0.4 is 5.32 Å². The fourth-order valence-corrected chi connectivity index (χ4v) is 3.41. The number of nitrogens with zero attached hydrogens (tertiary/aromatic N) is 3. The summed E-state index contributed by atoms with van der Waals surface area (Å²) in [5.74, 6) is 0.0156. The van der Waals surface area contributed by atoms with Gasteiger partial charge in [-0.15, -0.1) is 0 Å². The number of rotatable bonds is 3. The lowest BCUT2D eigenvalue weighted by molar-refractivity contribution is 0.0624. The van der Waals surface area contributed by atoms with E-state index in [1.54, 1.807) is 18.6 Å². The van der Waals surface area contributed by atoms with E-state index in [1.165, 1.54) is 12.8 Å². The van der Waals surface area contributed by atoms with E-state index in [9.17, 15) is 4.79 Å². The van der Waals surface area contributed by atoms with Gasteiger partial charge in [-0.25, -0.2) is 4.98 Å². The summed E-state index contributed by atoms with van der Waals surface area (Å²) in [5.41, 5.74) is 0.454. The molecule has 2 bridgehead atoms. The Kier molecular flexibility index (Phi) is 3.46. The number of fused-ring (bicyclic) bond motifs is 2. The third-order valence-electron chi connectivity index (χ3n) is 4.27. The van der Waals surface area contributed by atoms with Gasteiger partial charge >= 0.3 is 0 Å². The lowest BCUT2D eigenvalue weighted by Crippen LogP contribution is -2.50. The molecular weight excluding hydrogens is 240 g/mol. The van der Waals surface area contributed by atoms with Gasteiger partial charge in [0.2, 0.25) is 0 Å². The summed E-state index contributed by atoms with van der Waals surface area (Å²) in [5, 5.41) is 3.61. The molecule has 2 saturated heterocycles. The normalized spacial score (nSPS) is 29.2. The van der Waals surface area contributed by atoms with Gasteiger partial charge in [-0.3, -0.25) is 9.78 Å². The van der Waals surface area contributed by atoms with Crippen molar-refractivity contribution >= 4 is 5.91 Å². The number of nitrogens with one attached hydrogen (secondary N) is 1. The standard InChI is InChI=1S/C14H20N4O/c1-2-18(14(19)13-9-15-5-6-16-13)12-7-10-3-4-11(8-12)17-10/h5-6,9-12,17H,2-4,7-8H2,1H3. The van der Waals surface area contributed by atoms with E-state index in [0.29, 0.717) is 23.8 Å². The van der Waals surface area contributed by atoms with E-state index in [1.807, 2.05) is 11.8 Å². The van der Waals surface area contributed by atoms with Gasteiger partial charge < -0.3 is 10.2 Å². The van der Waals surface area contributed by atoms with Crippen LogP contribution in [0.4, 0.5) is 0 Å². The Morgan fingerprint density at radius 1 is 1.37 bits per heavy atom. The summed E-state index contributed by atoms with van der Waals surface area (Å²) < 4.78 is 0. The molecule has 2 aliphatic rings. The van der Waals surface area contributed by atoms with Crippen molar-refractivity contribution in [3.63, 3.8) is 0 Å². The fourth-order valence-electron chi connectivity index (χ4n) is 3.41. The van der Waals surface area contributed by atoms with Crippen molar-refractivity contribution in [3.8, 4) is 0 Å². The summed E-state index contributed by atoms with van der Waals surface area (Å²) in [6.07, 6.45) is 9.36. The van der Waals surface area contributed by atoms with E-state index < -0.39 is 0 Å². The van der Waals surface area contributed by atoms with Crippen LogP contribution in [0.15, 0.2) is 18.6 Å². The second-order valence-corrected chi connectivity index (χ2v) is 5.44. The number of hydrogen-bond acceptors (Lipinski definition) is 4. The average Bonchev–Trinajstić information content (AvgIpc) is 2.79. The van der Waals surface area contributed by atoms with E-state index in [0.717, 1.165) is 19.4 Å². The number of piperidine rings is 1. The second kappa shape index (κ2) is 5.25. The lowest BCUT2D eigenvalue weighted by atomic mass is 9.98. The largest absolute Gasteiger partial charge is 0.334 e. The number of hydrogen-bond donors (Lipinski definition) is 1. The summed E-state index contributed by atoms with van der Waals surface area (Å²) in [4.78, 5) is 22.6. The molecule has 1 amide bonds. The van der Waals surface area contributed by atoms with Crippen LogP contribution in [0.25, 0.3) is 0 Å². The minimum atomic E-state index is 0.0156. The predicted octanol–water partition coefficient (Wildman–Crippen LogP) is 1.22. The number of aromatic nitrogens is 2. The van der Waals surface area contributed by atoms with Crippen molar-refractivity contribution in [2.45, 2.75) is 50.7 Å². The van der Waals surface area contributed by atoms with Crippen LogP contribution in [-0.4, -0.2) is 45.4 Å². The van der Waals surface area contributed by atoms with Gasteiger partial charge in [0, 0.05) is 37.1 Å². The van der Waals surface area contributed by atoms with Crippen LogP contribution in [0.5, 0.6) is 0 Å². The minimum Gasteiger partial charge on any atom is -0.334 e. The molecule has 2 unspecified atom stereocenters.